The van der Waals surface area contributed by atoms with Gasteiger partial charge in [-0.25, -0.2) is 0 Å². The molecule has 146 valence electrons. The summed E-state index contributed by atoms with van der Waals surface area (Å²) in [6, 6.07) is 10.1. The fourth-order valence-corrected chi connectivity index (χ4v) is 4.29. The Morgan fingerprint density at radius 1 is 1.14 bits per heavy atom. The quantitative estimate of drug-likeness (QED) is 0.479. The van der Waals surface area contributed by atoms with E-state index >= 15 is 0 Å². The fraction of sp³-hybridized carbons (Fsp3) is 0.333. The Morgan fingerprint density at radius 2 is 1.82 bits per heavy atom. The van der Waals surface area contributed by atoms with E-state index in [-0.39, 0.29) is 16.8 Å². The van der Waals surface area contributed by atoms with Crippen molar-refractivity contribution in [3.63, 3.8) is 0 Å². The molecule has 0 spiro atoms. The number of aromatic amines is 1. The maximum absolute atomic E-state index is 13.0. The van der Waals surface area contributed by atoms with Gasteiger partial charge in [-0.05, 0) is 45.7 Å². The van der Waals surface area contributed by atoms with Crippen LogP contribution in [-0.2, 0) is 6.54 Å². The number of carbonyl (C=O) groups is 2. The Labute approximate surface area is 168 Å². The van der Waals surface area contributed by atoms with Crippen molar-refractivity contribution in [2.24, 2.45) is 0 Å². The van der Waals surface area contributed by atoms with Crippen LogP contribution in [0.2, 0.25) is 0 Å². The number of carbonyl (C=O) groups excluding carboxylic acids is 2. The second kappa shape index (κ2) is 8.14. The monoisotopic (exact) mass is 396 g/mol. The molecular formula is C21H24N4O2S. The Morgan fingerprint density at radius 3 is 2.43 bits per heavy atom. The van der Waals surface area contributed by atoms with Crippen molar-refractivity contribution in [3.05, 3.63) is 64.2 Å². The Bertz CT molecular complexity index is 1020. The third kappa shape index (κ3) is 3.94. The van der Waals surface area contributed by atoms with Crippen LogP contribution in [0.25, 0.3) is 0 Å². The molecule has 6 nitrogen and oxygen atoms in total. The highest BCUT2D eigenvalue weighted by Gasteiger charge is 2.26. The average molecular weight is 397 g/mol. The zero-order valence-electron chi connectivity index (χ0n) is 16.7. The van der Waals surface area contributed by atoms with Crippen molar-refractivity contribution in [3.8, 4) is 0 Å². The first-order valence-electron chi connectivity index (χ1n) is 9.14. The first-order valence-corrected chi connectivity index (χ1v) is 10.0. The minimum atomic E-state index is -0.366. The van der Waals surface area contributed by atoms with Gasteiger partial charge >= 0.3 is 0 Å². The van der Waals surface area contributed by atoms with Gasteiger partial charge in [0.25, 0.3) is 0 Å². The summed E-state index contributed by atoms with van der Waals surface area (Å²) in [5, 5.41) is 8.78. The number of rotatable bonds is 7. The van der Waals surface area contributed by atoms with Gasteiger partial charge in [-0.3, -0.25) is 9.59 Å². The lowest BCUT2D eigenvalue weighted by Crippen LogP contribution is -2.16. The van der Waals surface area contributed by atoms with Crippen molar-refractivity contribution in [1.29, 1.82) is 0 Å². The molecule has 0 saturated heterocycles. The van der Waals surface area contributed by atoms with Crippen molar-refractivity contribution in [1.82, 2.24) is 19.7 Å². The van der Waals surface area contributed by atoms with Gasteiger partial charge in [0.15, 0.2) is 16.7 Å². The number of aryl methyl sites for hydroxylation is 2. The van der Waals surface area contributed by atoms with E-state index in [1.165, 1.54) is 18.7 Å². The first-order chi connectivity index (χ1) is 13.3. The summed E-state index contributed by atoms with van der Waals surface area (Å²) in [5.74, 6) is 0.714. The van der Waals surface area contributed by atoms with Crippen LogP contribution in [0.4, 0.5) is 0 Å². The number of benzene rings is 1. The van der Waals surface area contributed by atoms with Crippen LogP contribution in [0.5, 0.6) is 0 Å². The molecule has 0 radical (unpaired) electrons. The van der Waals surface area contributed by atoms with Gasteiger partial charge < -0.3 is 9.55 Å². The summed E-state index contributed by atoms with van der Waals surface area (Å²) in [4.78, 5) is 28.0. The largest absolute Gasteiger partial charge is 0.355 e. The van der Waals surface area contributed by atoms with Crippen LogP contribution in [0.1, 0.15) is 57.3 Å². The lowest BCUT2D eigenvalue weighted by atomic mass is 10.0. The topological polar surface area (TPSA) is 80.6 Å². The fourth-order valence-electron chi connectivity index (χ4n) is 3.34. The third-order valence-electron chi connectivity index (χ3n) is 4.77. The number of aromatic nitrogens is 4. The van der Waals surface area contributed by atoms with Crippen molar-refractivity contribution >= 4 is 23.3 Å². The maximum Gasteiger partial charge on any atom is 0.192 e. The van der Waals surface area contributed by atoms with Gasteiger partial charge in [-0.1, -0.05) is 42.1 Å². The van der Waals surface area contributed by atoms with E-state index in [0.717, 1.165) is 17.1 Å². The molecule has 2 aromatic heterocycles. The molecule has 0 amide bonds. The normalized spacial score (nSPS) is 12.2. The highest BCUT2D eigenvalue weighted by molar-refractivity contribution is 8.00. The second-order valence-electron chi connectivity index (χ2n) is 6.91. The van der Waals surface area contributed by atoms with Crippen LogP contribution in [0.15, 0.2) is 35.5 Å². The number of nitrogens with one attached hydrogen (secondary N) is 1. The van der Waals surface area contributed by atoms with E-state index in [0.29, 0.717) is 28.5 Å². The molecule has 0 aliphatic carbocycles. The Hall–Kier alpha value is -2.67. The van der Waals surface area contributed by atoms with Crippen LogP contribution >= 0.6 is 11.8 Å². The summed E-state index contributed by atoms with van der Waals surface area (Å²) >= 11 is 1.38. The lowest BCUT2D eigenvalue weighted by Gasteiger charge is -2.12. The molecule has 0 fully saturated rings. The maximum atomic E-state index is 13.0. The van der Waals surface area contributed by atoms with Crippen molar-refractivity contribution in [2.45, 2.75) is 51.6 Å². The van der Waals surface area contributed by atoms with Gasteiger partial charge in [0.1, 0.15) is 5.82 Å². The van der Waals surface area contributed by atoms with Gasteiger partial charge in [0, 0.05) is 11.3 Å². The minimum Gasteiger partial charge on any atom is -0.355 e. The Kier molecular flexibility index (Phi) is 5.84. The van der Waals surface area contributed by atoms with Crippen molar-refractivity contribution < 1.29 is 9.59 Å². The van der Waals surface area contributed by atoms with Crippen LogP contribution in [0.3, 0.4) is 0 Å². The molecule has 0 bridgehead atoms. The molecule has 7 heteroatoms. The average Bonchev–Trinajstić information content (AvgIpc) is 3.15. The van der Waals surface area contributed by atoms with Crippen LogP contribution in [-0.4, -0.2) is 36.6 Å². The van der Waals surface area contributed by atoms with E-state index in [4.69, 9.17) is 0 Å². The number of thioether (sulfide) groups is 1. The number of ketones is 2. The molecule has 3 aromatic rings. The van der Waals surface area contributed by atoms with E-state index in [9.17, 15) is 9.59 Å². The van der Waals surface area contributed by atoms with Crippen LogP contribution in [0, 0.1) is 20.8 Å². The standard InChI is InChI=1S/C21H24N4O2S/c1-12-18(14(3)26)13(2)22-19(12)20(27)15(4)28-21-24-23-16(5)25(21)11-17-9-7-6-8-10-17/h6-10,15,22H,11H2,1-5H3. The molecule has 0 aliphatic heterocycles. The second-order valence-corrected chi connectivity index (χ2v) is 8.22. The minimum absolute atomic E-state index is 0.0381. The van der Waals surface area contributed by atoms with E-state index in [1.54, 1.807) is 0 Å². The number of hydrogen-bond acceptors (Lipinski definition) is 5. The van der Waals surface area contributed by atoms with Crippen LogP contribution < -0.4 is 0 Å². The summed E-state index contributed by atoms with van der Waals surface area (Å²) in [5.41, 5.74) is 3.68. The summed E-state index contributed by atoms with van der Waals surface area (Å²) in [7, 11) is 0. The van der Waals surface area contributed by atoms with Crippen molar-refractivity contribution in [2.75, 3.05) is 0 Å². The van der Waals surface area contributed by atoms with E-state index in [2.05, 4.69) is 27.3 Å². The molecule has 1 atom stereocenters. The molecule has 1 aromatic carbocycles. The predicted octanol–water partition coefficient (Wildman–Crippen LogP) is 4.15. The molecule has 0 saturated carbocycles. The first kappa shape index (κ1) is 20.1. The molecular weight excluding hydrogens is 372 g/mol. The van der Waals surface area contributed by atoms with E-state index < -0.39 is 0 Å². The van der Waals surface area contributed by atoms with Gasteiger partial charge in [-0.2, -0.15) is 0 Å². The number of H-pyrrole nitrogens is 1. The van der Waals surface area contributed by atoms with Gasteiger partial charge in [-0.15, -0.1) is 10.2 Å². The third-order valence-corrected chi connectivity index (χ3v) is 5.85. The molecule has 1 N–H and O–H groups in total. The number of nitrogens with zero attached hydrogens (tertiary/aromatic N) is 3. The molecule has 3 rings (SSSR count). The molecule has 1 unspecified atom stereocenters. The highest BCUT2D eigenvalue weighted by atomic mass is 32.2. The lowest BCUT2D eigenvalue weighted by molar-refractivity contribution is 0.0988. The highest BCUT2D eigenvalue weighted by Crippen LogP contribution is 2.28. The molecule has 0 aliphatic rings. The zero-order valence-corrected chi connectivity index (χ0v) is 17.6. The van der Waals surface area contributed by atoms with Gasteiger partial charge in [0.2, 0.25) is 0 Å². The number of hydrogen-bond donors (Lipinski definition) is 1. The number of Topliss-reactive ketones (excluding diaryl/α,β-unsaturated/α-hetero) is 2. The smallest absolute Gasteiger partial charge is 0.192 e. The summed E-state index contributed by atoms with van der Waals surface area (Å²) in [6.45, 7) is 9.56. The SMILES string of the molecule is CC(=O)c1c(C)[nH]c(C(=O)C(C)Sc2nnc(C)n2Cc2ccccc2)c1C. The Balaban J connectivity index is 1.82. The predicted molar refractivity (Wildman–Crippen MR) is 110 cm³/mol. The van der Waals surface area contributed by atoms with Gasteiger partial charge in [0.05, 0.1) is 17.5 Å². The zero-order chi connectivity index (χ0) is 20.4. The summed E-state index contributed by atoms with van der Waals surface area (Å²) in [6.07, 6.45) is 0. The summed E-state index contributed by atoms with van der Waals surface area (Å²) < 4.78 is 2.01. The molecule has 2 heterocycles. The molecule has 28 heavy (non-hydrogen) atoms. The van der Waals surface area contributed by atoms with E-state index in [1.807, 2.05) is 50.5 Å².